The Morgan fingerprint density at radius 3 is 0.625 bits per heavy atom. The van der Waals surface area contributed by atoms with E-state index in [4.69, 9.17) is 29.0 Å². The average molecular weight is 1490 g/mol. The Balaban J connectivity index is 0.000000216. The molecule has 0 fully saturated rings. The van der Waals surface area contributed by atoms with E-state index >= 15 is 0 Å². The van der Waals surface area contributed by atoms with Gasteiger partial charge in [0.2, 0.25) is 0 Å². The van der Waals surface area contributed by atoms with Gasteiger partial charge in [0.1, 0.15) is 0 Å². The Bertz CT molecular complexity index is 3770. The largest absolute Gasteiger partial charge is 2.00 e. The van der Waals surface area contributed by atoms with Crippen LogP contribution in [0.25, 0.3) is 88.5 Å². The third kappa shape index (κ3) is 22.3. The summed E-state index contributed by atoms with van der Waals surface area (Å²) in [5.41, 5.74) is 16.0. The smallest absolute Gasteiger partial charge is 0.254 e. The molecular weight excluding hydrogens is 1430 g/mol. The van der Waals surface area contributed by atoms with E-state index in [1.165, 1.54) is 22.3 Å². The van der Waals surface area contributed by atoms with E-state index in [1.54, 1.807) is 24.8 Å². The van der Waals surface area contributed by atoms with E-state index in [0.29, 0.717) is 0 Å². The molecule has 0 spiro atoms. The molecule has 2 aromatic carbocycles. The van der Waals surface area contributed by atoms with Crippen LogP contribution in [0.2, 0.25) is 0 Å². The summed E-state index contributed by atoms with van der Waals surface area (Å²) in [4.78, 5) is 46.6. The molecule has 9 aromatic heterocycles. The molecule has 0 radical (unpaired) electrons. The Morgan fingerprint density at radius 2 is 0.466 bits per heavy atom. The third-order valence-corrected chi connectivity index (χ3v) is 12.6. The number of halogens is 14. The van der Waals surface area contributed by atoms with Crippen LogP contribution in [0.4, 0.5) is 50.4 Å². The maximum Gasteiger partial charge on any atom is 2.00 e. The fourth-order valence-electron chi connectivity index (χ4n) is 8.48. The number of nitrogens with zero attached hydrogens (tertiary/aromatic N) is 10. The van der Waals surface area contributed by atoms with Crippen molar-refractivity contribution in [3.05, 3.63) is 169 Å². The Labute approximate surface area is 529 Å². The molecule has 11 rings (SSSR count). The molecule has 10 nitrogen and oxygen atoms in total. The van der Waals surface area contributed by atoms with Gasteiger partial charge >= 0.3 is 120 Å². The Hall–Kier alpha value is -5.83. The molecule has 11 aromatic rings. The summed E-state index contributed by atoms with van der Waals surface area (Å²) >= 11 is -0.106. The molecule has 0 aliphatic rings. The van der Waals surface area contributed by atoms with Gasteiger partial charge in [0.25, 0.3) is 0 Å². The van der Waals surface area contributed by atoms with Gasteiger partial charge in [0.05, 0.1) is 66.9 Å². The predicted molar refractivity (Wildman–Crippen MR) is 327 cm³/mol. The average Bonchev–Trinajstić information content (AvgIpc) is 1.00. The van der Waals surface area contributed by atoms with Crippen LogP contribution in [0.1, 0.15) is 105 Å². The number of rotatable bonds is 2. The molecule has 0 aliphatic carbocycles. The van der Waals surface area contributed by atoms with Crippen LogP contribution in [0.3, 0.4) is 0 Å². The quantitative estimate of drug-likeness (QED) is 0.0542. The zero-order valence-electron chi connectivity index (χ0n) is 49.2. The van der Waals surface area contributed by atoms with Gasteiger partial charge in [-0.15, -0.1) is 0 Å². The molecule has 0 amide bonds. The van der Waals surface area contributed by atoms with Crippen LogP contribution in [-0.4, -0.2) is 49.8 Å². The molecule has 0 bridgehead atoms. The molecule has 0 saturated heterocycles. The fraction of sp³-hybridized carbons (Fsp3) is 0.267. The molecule has 0 N–H and O–H groups in total. The van der Waals surface area contributed by atoms with Crippen molar-refractivity contribution in [3.63, 3.8) is 0 Å². The van der Waals surface area contributed by atoms with Gasteiger partial charge in [0.15, 0.2) is 0 Å². The van der Waals surface area contributed by atoms with Gasteiger partial charge in [-0.1, -0.05) is 83.1 Å². The van der Waals surface area contributed by atoms with Crippen molar-refractivity contribution in [2.24, 2.45) is 0 Å². The van der Waals surface area contributed by atoms with Gasteiger partial charge < -0.3 is 0 Å². The molecule has 0 aliphatic heterocycles. The first kappa shape index (κ1) is 72.9. The van der Waals surface area contributed by atoms with Crippen LogP contribution in [0, 0.1) is 0 Å². The minimum Gasteiger partial charge on any atom is -0.254 e. The Morgan fingerprint density at radius 1 is 0.295 bits per heavy atom. The summed E-state index contributed by atoms with van der Waals surface area (Å²) in [6, 6.07) is 32.7. The molecule has 476 valence electrons. The third-order valence-electron chi connectivity index (χ3n) is 12.6. The van der Waals surface area contributed by atoms with Crippen LogP contribution in [0.15, 0.2) is 147 Å². The summed E-state index contributed by atoms with van der Waals surface area (Å²) in [6.07, 6.45) is 14.7. The zero-order chi connectivity index (χ0) is 65.1. The maximum atomic E-state index is 9.87. The fourth-order valence-corrected chi connectivity index (χ4v) is 8.48. The van der Waals surface area contributed by atoms with Crippen molar-refractivity contribution < 1.29 is 85.8 Å². The van der Waals surface area contributed by atoms with E-state index < -0.39 is 15.6 Å². The standard InChI is InChI=1S/C24H12N6.2C18H24N2.2ClH.2F6P.Pd.Ru/c1-5-13-17(25-9-1)18-14(6-2-10-26-18)22-21(13)29-23-15-7-3-11-27-19(15)20-16(24(23)30-22)8-4-12-28-20;2*1-17(2,3)13-7-9-19-15(11-13)16-12-14(8-10-20-16)18(4,5)6;;;2*1-7(2,3,4,5)6;;/h1-12H;2*7-12H,1-6H3;2*1H;;;;/q;;;;;2*-1;2*+2/p-2. The SMILES string of the molecule is CC(C)(C)c1ccnc(-c2cc(C(C)(C)C)ccn2)c1.CC(C)(C)c1ccnc(-c2cc(C(C)(C)C)ccn2)c1.F[P-](F)(F)(F)(F)F.F[P-](F)(F)(F)(F)F.[Cl][Pd][Cl].[Ru+2].c1cnc2c(c1)c1nc3c4cccnc4c4ncccc4c3nc1c1cccnc12. The number of aromatic nitrogens is 10. The number of benzene rings is 2. The van der Waals surface area contributed by atoms with Gasteiger partial charge in [0, 0.05) is 71.1 Å². The summed E-state index contributed by atoms with van der Waals surface area (Å²) in [5, 5.41) is 3.76. The van der Waals surface area contributed by atoms with Crippen molar-refractivity contribution in [2.45, 2.75) is 105 Å². The molecule has 0 atom stereocenters. The second-order valence-corrected chi connectivity index (χ2v) is 30.1. The van der Waals surface area contributed by atoms with E-state index in [9.17, 15) is 50.4 Å². The van der Waals surface area contributed by atoms with Crippen molar-refractivity contribution in [1.29, 1.82) is 0 Å². The van der Waals surface area contributed by atoms with Crippen LogP contribution < -0.4 is 0 Å². The monoisotopic (exact) mass is 1490 g/mol. The Kier molecular flexibility index (Phi) is 21.1. The van der Waals surface area contributed by atoms with E-state index in [2.05, 4.69) is 171 Å². The first-order valence-corrected chi connectivity index (χ1v) is 34.2. The van der Waals surface area contributed by atoms with Crippen LogP contribution in [-0.2, 0) is 57.1 Å². The molecular formula is C60H60Cl2F12N10P2PdRu. The van der Waals surface area contributed by atoms with Crippen LogP contribution in [0.5, 0.6) is 0 Å². The van der Waals surface area contributed by atoms with E-state index in [0.717, 1.165) is 88.5 Å². The van der Waals surface area contributed by atoms with Crippen molar-refractivity contribution in [3.8, 4) is 22.8 Å². The molecule has 0 saturated carbocycles. The van der Waals surface area contributed by atoms with Crippen molar-refractivity contribution in [1.82, 2.24) is 49.8 Å². The number of pyridine rings is 8. The molecule has 88 heavy (non-hydrogen) atoms. The van der Waals surface area contributed by atoms with Gasteiger partial charge in [-0.2, -0.15) is 0 Å². The normalized spacial score (nSPS) is 13.7. The molecule has 9 heterocycles. The second-order valence-electron chi connectivity index (χ2n) is 23.9. The molecule has 28 heteroatoms. The predicted octanol–water partition coefficient (Wildman–Crippen LogP) is 22.6. The first-order valence-electron chi connectivity index (χ1n) is 26.1. The zero-order valence-corrected chi connectivity index (χ0v) is 55.8. The summed E-state index contributed by atoms with van der Waals surface area (Å²) in [5.74, 6) is 0. The summed E-state index contributed by atoms with van der Waals surface area (Å²) in [7, 11) is -11.7. The maximum absolute atomic E-state index is 10.7. The second kappa shape index (κ2) is 25.4. The van der Waals surface area contributed by atoms with Crippen LogP contribution >= 0.6 is 34.7 Å². The summed E-state index contributed by atoms with van der Waals surface area (Å²) < 4.78 is 118. The number of hydrogen-bond acceptors (Lipinski definition) is 10. The first-order chi connectivity index (χ1) is 39.6. The molecule has 0 unspecified atom stereocenters. The number of fused-ring (bicyclic) bond motifs is 12. The van der Waals surface area contributed by atoms with Crippen molar-refractivity contribution >= 4 is 100 Å². The minimum absolute atomic E-state index is 0. The topological polar surface area (TPSA) is 129 Å². The van der Waals surface area contributed by atoms with Gasteiger partial charge in [-0.3, -0.25) is 39.9 Å². The van der Waals surface area contributed by atoms with Gasteiger partial charge in [-0.25, -0.2) is 9.97 Å². The van der Waals surface area contributed by atoms with E-state index in [1.807, 2.05) is 73.3 Å². The van der Waals surface area contributed by atoms with E-state index in [-0.39, 0.29) is 57.1 Å². The minimum atomic E-state index is -10.7. The summed E-state index contributed by atoms with van der Waals surface area (Å²) in [6.45, 7) is 26.6. The van der Waals surface area contributed by atoms with Crippen molar-refractivity contribution in [2.75, 3.05) is 0 Å². The number of hydrogen-bond donors (Lipinski definition) is 0. The van der Waals surface area contributed by atoms with Gasteiger partial charge in [-0.05, 0) is 141 Å².